The normalized spacial score (nSPS) is 21.9. The number of hydrogen-bond donors (Lipinski definition) is 2. The Kier molecular flexibility index (Phi) is 5.89. The van der Waals surface area contributed by atoms with Gasteiger partial charge in [-0.1, -0.05) is 36.6 Å². The van der Waals surface area contributed by atoms with Crippen molar-refractivity contribution < 1.29 is 14.4 Å². The van der Waals surface area contributed by atoms with Crippen LogP contribution in [-0.2, 0) is 9.59 Å². The first-order chi connectivity index (χ1) is 16.4. The Labute approximate surface area is 202 Å². The van der Waals surface area contributed by atoms with E-state index in [-0.39, 0.29) is 30.3 Å². The molecule has 3 heterocycles. The van der Waals surface area contributed by atoms with Gasteiger partial charge in [0.05, 0.1) is 11.7 Å². The molecule has 3 fully saturated rings. The number of rotatable bonds is 4. The first kappa shape index (κ1) is 22.6. The van der Waals surface area contributed by atoms with Crippen LogP contribution in [0.3, 0.4) is 0 Å². The van der Waals surface area contributed by atoms with E-state index in [1.54, 1.807) is 23.2 Å². The number of urea groups is 1. The maximum atomic E-state index is 13.5. The molecule has 2 aromatic rings. The quantitative estimate of drug-likeness (QED) is 0.645. The van der Waals surface area contributed by atoms with Gasteiger partial charge in [0.15, 0.2) is 0 Å². The molecule has 3 aliphatic rings. The Bertz CT molecular complexity index is 1130. The summed E-state index contributed by atoms with van der Waals surface area (Å²) in [5.41, 5.74) is 7.41. The average molecular weight is 483 g/mol. The van der Waals surface area contributed by atoms with E-state index < -0.39 is 11.6 Å². The van der Waals surface area contributed by atoms with Crippen LogP contribution in [0, 0.1) is 0 Å². The molecule has 0 bridgehead atoms. The van der Waals surface area contributed by atoms with Crippen molar-refractivity contribution in [3.05, 3.63) is 41.2 Å². The van der Waals surface area contributed by atoms with Crippen LogP contribution in [-0.4, -0.2) is 56.2 Å². The summed E-state index contributed by atoms with van der Waals surface area (Å²) in [6.45, 7) is 0.238. The predicted molar refractivity (Wildman–Crippen MR) is 127 cm³/mol. The van der Waals surface area contributed by atoms with E-state index in [2.05, 4.69) is 15.3 Å². The summed E-state index contributed by atoms with van der Waals surface area (Å²) in [6.07, 6.45) is 7.16. The number of likely N-dealkylation sites (tertiary alicyclic amines) is 1. The SMILES string of the molecule is Nc1ncc(-c2ccc(Cl)cc2)c([C@H]2CCCCN2C(=O)CN2C(=O)NC3(CCCC3)C2=O)n1. The van der Waals surface area contributed by atoms with Gasteiger partial charge in [0, 0.05) is 23.3 Å². The molecule has 1 aromatic heterocycles. The third-order valence-corrected chi connectivity index (χ3v) is 7.38. The van der Waals surface area contributed by atoms with Gasteiger partial charge in [-0.05, 0) is 49.8 Å². The molecule has 0 radical (unpaired) electrons. The van der Waals surface area contributed by atoms with Gasteiger partial charge in [-0.25, -0.2) is 14.8 Å². The third kappa shape index (κ3) is 3.98. The third-order valence-electron chi connectivity index (χ3n) is 7.13. The second kappa shape index (κ2) is 8.87. The van der Waals surface area contributed by atoms with Crippen molar-refractivity contribution in [1.82, 2.24) is 25.1 Å². The van der Waals surface area contributed by atoms with E-state index in [1.807, 2.05) is 12.1 Å². The fraction of sp³-hybridized carbons (Fsp3) is 0.458. The molecule has 4 amide bonds. The molecule has 1 spiro atoms. The second-order valence-electron chi connectivity index (χ2n) is 9.24. The lowest BCUT2D eigenvalue weighted by molar-refractivity contribution is -0.141. The molecule has 1 atom stereocenters. The number of aromatic nitrogens is 2. The predicted octanol–water partition coefficient (Wildman–Crippen LogP) is 3.30. The Balaban J connectivity index is 1.42. The maximum absolute atomic E-state index is 13.5. The van der Waals surface area contributed by atoms with Crippen molar-refractivity contribution in [1.29, 1.82) is 0 Å². The molecule has 2 aliphatic heterocycles. The first-order valence-corrected chi connectivity index (χ1v) is 12.1. The highest BCUT2D eigenvalue weighted by Gasteiger charge is 2.53. The minimum Gasteiger partial charge on any atom is -0.368 e. The molecule has 1 aromatic carbocycles. The second-order valence-corrected chi connectivity index (χ2v) is 9.68. The van der Waals surface area contributed by atoms with Crippen molar-refractivity contribution in [2.45, 2.75) is 56.5 Å². The van der Waals surface area contributed by atoms with Gasteiger partial charge in [-0.3, -0.25) is 14.5 Å². The lowest BCUT2D eigenvalue weighted by atomic mass is 9.93. The van der Waals surface area contributed by atoms with Crippen LogP contribution >= 0.6 is 11.6 Å². The number of carbonyl (C=O) groups is 3. The van der Waals surface area contributed by atoms with Crippen molar-refractivity contribution in [2.24, 2.45) is 0 Å². The molecule has 1 aliphatic carbocycles. The molecule has 34 heavy (non-hydrogen) atoms. The summed E-state index contributed by atoms with van der Waals surface area (Å²) in [7, 11) is 0. The van der Waals surface area contributed by atoms with Gasteiger partial charge < -0.3 is 16.0 Å². The maximum Gasteiger partial charge on any atom is 0.325 e. The number of piperidine rings is 1. The van der Waals surface area contributed by atoms with E-state index in [9.17, 15) is 14.4 Å². The number of nitrogens with zero attached hydrogens (tertiary/aromatic N) is 4. The topological polar surface area (TPSA) is 122 Å². The van der Waals surface area contributed by atoms with E-state index >= 15 is 0 Å². The van der Waals surface area contributed by atoms with Crippen LogP contribution in [0.2, 0.25) is 5.02 Å². The van der Waals surface area contributed by atoms with Crippen molar-refractivity contribution in [3.63, 3.8) is 0 Å². The Morgan fingerprint density at radius 2 is 1.88 bits per heavy atom. The summed E-state index contributed by atoms with van der Waals surface area (Å²) in [5.74, 6) is -0.435. The van der Waals surface area contributed by atoms with Crippen LogP contribution in [0.15, 0.2) is 30.5 Å². The first-order valence-electron chi connectivity index (χ1n) is 11.7. The lowest BCUT2D eigenvalue weighted by Gasteiger charge is -2.37. The number of nitrogens with one attached hydrogen (secondary N) is 1. The molecular formula is C24H27ClN6O3. The fourth-order valence-electron chi connectivity index (χ4n) is 5.39. The number of hydrogen-bond acceptors (Lipinski definition) is 6. The van der Waals surface area contributed by atoms with Crippen LogP contribution in [0.1, 0.15) is 56.7 Å². The number of amides is 4. The van der Waals surface area contributed by atoms with Gasteiger partial charge in [-0.15, -0.1) is 0 Å². The zero-order valence-corrected chi connectivity index (χ0v) is 19.6. The summed E-state index contributed by atoms with van der Waals surface area (Å²) >= 11 is 6.06. The molecule has 178 valence electrons. The van der Waals surface area contributed by atoms with Crippen molar-refractivity contribution in [3.8, 4) is 11.1 Å². The lowest BCUT2D eigenvalue weighted by Crippen LogP contribution is -2.47. The smallest absolute Gasteiger partial charge is 0.325 e. The van der Waals surface area contributed by atoms with E-state index in [0.29, 0.717) is 36.5 Å². The van der Waals surface area contributed by atoms with E-state index in [0.717, 1.165) is 41.7 Å². The zero-order valence-electron chi connectivity index (χ0n) is 18.8. The number of nitrogen functional groups attached to an aromatic ring is 1. The standard InChI is InChI=1S/C24H27ClN6O3/c25-16-8-6-15(7-9-16)17-13-27-22(26)28-20(17)18-5-1-4-12-30(18)19(32)14-31-21(33)24(29-23(31)34)10-2-3-11-24/h6-9,13,18H,1-5,10-12,14H2,(H,29,34)(H2,26,27,28)/t18-/m1/s1. The largest absolute Gasteiger partial charge is 0.368 e. The van der Waals surface area contributed by atoms with Crippen LogP contribution in [0.5, 0.6) is 0 Å². The number of benzene rings is 1. The number of anilines is 1. The highest BCUT2D eigenvalue weighted by molar-refractivity contribution is 6.30. The number of carbonyl (C=O) groups excluding carboxylic acids is 3. The molecular weight excluding hydrogens is 456 g/mol. The molecule has 2 saturated heterocycles. The summed E-state index contributed by atoms with van der Waals surface area (Å²) in [4.78, 5) is 50.6. The van der Waals surface area contributed by atoms with Crippen LogP contribution in [0.25, 0.3) is 11.1 Å². The molecule has 3 N–H and O–H groups in total. The average Bonchev–Trinajstić information content (AvgIpc) is 3.40. The number of nitrogens with two attached hydrogens (primary N) is 1. The van der Waals surface area contributed by atoms with Crippen LogP contribution < -0.4 is 11.1 Å². The monoisotopic (exact) mass is 482 g/mol. The van der Waals surface area contributed by atoms with E-state index in [4.69, 9.17) is 17.3 Å². The van der Waals surface area contributed by atoms with E-state index in [1.165, 1.54) is 0 Å². The summed E-state index contributed by atoms with van der Waals surface area (Å²) in [6, 6.07) is 6.52. The Hall–Kier alpha value is -3.20. The fourth-order valence-corrected chi connectivity index (χ4v) is 5.52. The molecule has 1 saturated carbocycles. The Morgan fingerprint density at radius 1 is 1.15 bits per heavy atom. The molecule has 5 rings (SSSR count). The molecule has 9 nitrogen and oxygen atoms in total. The number of halogens is 1. The highest BCUT2D eigenvalue weighted by Crippen LogP contribution is 2.38. The van der Waals surface area contributed by atoms with Gasteiger partial charge in [0.2, 0.25) is 11.9 Å². The minimum atomic E-state index is -0.832. The van der Waals surface area contributed by atoms with Gasteiger partial charge >= 0.3 is 6.03 Å². The summed E-state index contributed by atoms with van der Waals surface area (Å²) in [5, 5.41) is 3.46. The molecule has 10 heteroatoms. The van der Waals surface area contributed by atoms with Crippen molar-refractivity contribution >= 4 is 35.4 Å². The van der Waals surface area contributed by atoms with Gasteiger partial charge in [-0.2, -0.15) is 0 Å². The van der Waals surface area contributed by atoms with Crippen molar-refractivity contribution in [2.75, 3.05) is 18.8 Å². The summed E-state index contributed by atoms with van der Waals surface area (Å²) < 4.78 is 0. The number of imide groups is 1. The highest BCUT2D eigenvalue weighted by atomic mass is 35.5. The zero-order chi connectivity index (χ0) is 23.9. The Morgan fingerprint density at radius 3 is 2.62 bits per heavy atom. The van der Waals surface area contributed by atoms with Gasteiger partial charge in [0.25, 0.3) is 5.91 Å². The minimum absolute atomic E-state index is 0.128. The van der Waals surface area contributed by atoms with Gasteiger partial charge in [0.1, 0.15) is 12.1 Å². The molecule has 0 unspecified atom stereocenters. The van der Waals surface area contributed by atoms with Crippen LogP contribution in [0.4, 0.5) is 10.7 Å².